The standard InChI is InChI=1S/C22H28O4/c1-10(2)15-11-7-8-14(15)22(3,4)19-13-9-12(16(11)19)17(20(23)25-5)18(13)21(24)26-6/h7-8,11-14,17-18H,9H2,1-6H3/t11-,12-,13+,14+,17?,18?/m0/s1. The second kappa shape index (κ2) is 5.58. The summed E-state index contributed by atoms with van der Waals surface area (Å²) < 4.78 is 10.2. The maximum absolute atomic E-state index is 12.6. The van der Waals surface area contributed by atoms with Crippen LogP contribution in [0.1, 0.15) is 34.1 Å². The van der Waals surface area contributed by atoms with Gasteiger partial charge in [0.2, 0.25) is 0 Å². The van der Waals surface area contributed by atoms with Crippen LogP contribution in [-0.2, 0) is 19.1 Å². The summed E-state index contributed by atoms with van der Waals surface area (Å²) in [4.78, 5) is 25.2. The molecule has 1 fully saturated rings. The fourth-order valence-corrected chi connectivity index (χ4v) is 6.55. The number of fused-ring (bicyclic) bond motifs is 7. The number of methoxy groups -OCH3 is 2. The van der Waals surface area contributed by atoms with Crippen molar-refractivity contribution in [3.8, 4) is 0 Å². The van der Waals surface area contributed by atoms with Crippen molar-refractivity contribution < 1.29 is 19.1 Å². The van der Waals surface area contributed by atoms with Gasteiger partial charge in [-0.1, -0.05) is 48.3 Å². The maximum Gasteiger partial charge on any atom is 0.310 e. The number of allylic oxidation sites excluding steroid dienone is 6. The normalized spacial score (nSPS) is 38.5. The average molecular weight is 356 g/mol. The molecule has 0 aromatic rings. The Morgan fingerprint density at radius 2 is 1.58 bits per heavy atom. The van der Waals surface area contributed by atoms with Crippen LogP contribution in [0.3, 0.4) is 0 Å². The zero-order valence-electron chi connectivity index (χ0n) is 16.5. The predicted molar refractivity (Wildman–Crippen MR) is 97.9 cm³/mol. The molecule has 0 aliphatic heterocycles. The van der Waals surface area contributed by atoms with Crippen molar-refractivity contribution in [3.63, 3.8) is 0 Å². The first-order valence-corrected chi connectivity index (χ1v) is 9.51. The van der Waals surface area contributed by atoms with Crippen molar-refractivity contribution in [2.45, 2.75) is 34.1 Å². The molecular formula is C22H28O4. The van der Waals surface area contributed by atoms with Crippen LogP contribution in [0.15, 0.2) is 34.4 Å². The first kappa shape index (κ1) is 17.6. The maximum atomic E-state index is 12.6. The Hall–Kier alpha value is -1.84. The highest BCUT2D eigenvalue weighted by Crippen LogP contribution is 2.69. The molecule has 0 aromatic heterocycles. The molecule has 4 aliphatic rings. The molecular weight excluding hydrogens is 328 g/mol. The van der Waals surface area contributed by atoms with E-state index in [2.05, 4.69) is 39.8 Å². The van der Waals surface area contributed by atoms with Crippen LogP contribution in [-0.4, -0.2) is 26.2 Å². The smallest absolute Gasteiger partial charge is 0.310 e. The summed E-state index contributed by atoms with van der Waals surface area (Å²) in [5.41, 5.74) is 5.60. The van der Waals surface area contributed by atoms with Gasteiger partial charge in [-0.05, 0) is 37.5 Å². The van der Waals surface area contributed by atoms with E-state index in [4.69, 9.17) is 9.47 Å². The third-order valence-electron chi connectivity index (χ3n) is 7.34. The highest BCUT2D eigenvalue weighted by Gasteiger charge is 2.64. The van der Waals surface area contributed by atoms with E-state index in [1.54, 1.807) is 0 Å². The number of carbonyl (C=O) groups excluding carboxylic acids is 2. The molecule has 140 valence electrons. The fourth-order valence-electron chi connectivity index (χ4n) is 6.55. The number of rotatable bonds is 2. The molecule has 6 atom stereocenters. The summed E-state index contributed by atoms with van der Waals surface area (Å²) in [7, 11) is 2.83. The highest BCUT2D eigenvalue weighted by molar-refractivity contribution is 5.85. The van der Waals surface area contributed by atoms with E-state index in [0.717, 1.165) is 6.42 Å². The first-order valence-electron chi connectivity index (χ1n) is 9.51. The monoisotopic (exact) mass is 356 g/mol. The Bertz CT molecular complexity index is 778. The van der Waals surface area contributed by atoms with Gasteiger partial charge < -0.3 is 9.47 Å². The predicted octanol–water partition coefficient (Wildman–Crippen LogP) is 3.69. The molecule has 0 amide bonds. The minimum Gasteiger partial charge on any atom is -0.469 e. The average Bonchev–Trinajstić information content (AvgIpc) is 3.28. The Balaban J connectivity index is 1.90. The van der Waals surface area contributed by atoms with Gasteiger partial charge in [0.25, 0.3) is 0 Å². The van der Waals surface area contributed by atoms with Crippen molar-refractivity contribution in [1.29, 1.82) is 0 Å². The minimum absolute atomic E-state index is 0.0434. The number of esters is 2. The Kier molecular flexibility index (Phi) is 3.77. The van der Waals surface area contributed by atoms with E-state index >= 15 is 0 Å². The second-order valence-corrected chi connectivity index (χ2v) is 8.93. The van der Waals surface area contributed by atoms with Crippen LogP contribution in [0.2, 0.25) is 0 Å². The third kappa shape index (κ3) is 1.96. The van der Waals surface area contributed by atoms with Crippen LogP contribution < -0.4 is 0 Å². The van der Waals surface area contributed by atoms with Crippen LogP contribution >= 0.6 is 0 Å². The molecule has 0 saturated heterocycles. The van der Waals surface area contributed by atoms with E-state index in [9.17, 15) is 9.59 Å². The van der Waals surface area contributed by atoms with Crippen LogP contribution in [0.4, 0.5) is 0 Å². The van der Waals surface area contributed by atoms with Gasteiger partial charge in [0.05, 0.1) is 26.1 Å². The molecule has 4 nitrogen and oxygen atoms in total. The zero-order valence-corrected chi connectivity index (χ0v) is 16.5. The van der Waals surface area contributed by atoms with Crippen molar-refractivity contribution in [1.82, 2.24) is 0 Å². The number of carbonyl (C=O) groups is 2. The molecule has 4 bridgehead atoms. The van der Waals surface area contributed by atoms with Gasteiger partial charge in [-0.2, -0.15) is 0 Å². The quantitative estimate of drug-likeness (QED) is 0.559. The molecule has 4 rings (SSSR count). The van der Waals surface area contributed by atoms with E-state index in [1.807, 2.05) is 0 Å². The summed E-state index contributed by atoms with van der Waals surface area (Å²) in [5, 5.41) is 0. The Labute approximate surface area is 155 Å². The molecule has 0 heterocycles. The summed E-state index contributed by atoms with van der Waals surface area (Å²) >= 11 is 0. The molecule has 0 aromatic carbocycles. The van der Waals surface area contributed by atoms with Gasteiger partial charge in [0.15, 0.2) is 0 Å². The van der Waals surface area contributed by atoms with Crippen LogP contribution in [0.5, 0.6) is 0 Å². The molecule has 2 unspecified atom stereocenters. The Morgan fingerprint density at radius 3 is 2.12 bits per heavy atom. The summed E-state index contributed by atoms with van der Waals surface area (Å²) in [5.74, 6) is -0.555. The van der Waals surface area contributed by atoms with Gasteiger partial charge in [0.1, 0.15) is 0 Å². The van der Waals surface area contributed by atoms with Crippen molar-refractivity contribution in [2.75, 3.05) is 14.2 Å². The first-order chi connectivity index (χ1) is 12.3. The second-order valence-electron chi connectivity index (χ2n) is 8.93. The van der Waals surface area contributed by atoms with Crippen molar-refractivity contribution in [3.05, 3.63) is 34.4 Å². The fraction of sp³-hybridized carbons (Fsp3) is 0.636. The summed E-state index contributed by atoms with van der Waals surface area (Å²) in [6, 6.07) is 0. The van der Waals surface area contributed by atoms with Crippen LogP contribution in [0, 0.1) is 40.9 Å². The number of ether oxygens (including phenoxy) is 2. The van der Waals surface area contributed by atoms with Gasteiger partial charge >= 0.3 is 11.9 Å². The topological polar surface area (TPSA) is 52.6 Å². The lowest BCUT2D eigenvalue weighted by Gasteiger charge is -2.47. The van der Waals surface area contributed by atoms with Gasteiger partial charge in [-0.15, -0.1) is 0 Å². The zero-order chi connectivity index (χ0) is 19.0. The lowest BCUT2D eigenvalue weighted by atomic mass is 9.56. The van der Waals surface area contributed by atoms with E-state index < -0.39 is 11.8 Å². The van der Waals surface area contributed by atoms with Crippen LogP contribution in [0.25, 0.3) is 0 Å². The summed E-state index contributed by atoms with van der Waals surface area (Å²) in [6.07, 6.45) is 5.52. The van der Waals surface area contributed by atoms with E-state index in [-0.39, 0.29) is 35.1 Å². The van der Waals surface area contributed by atoms with Crippen molar-refractivity contribution >= 4 is 11.9 Å². The SMILES string of the molecule is COC(=O)C1C(C(=O)OC)[C@H]2C[C@H]1C1=C2C(C)(C)[C@@H]2C=C[C@H]1C2=C(C)C. The van der Waals surface area contributed by atoms with Gasteiger partial charge in [-0.3, -0.25) is 9.59 Å². The molecule has 4 aliphatic carbocycles. The Morgan fingerprint density at radius 1 is 1.00 bits per heavy atom. The lowest BCUT2D eigenvalue weighted by molar-refractivity contribution is -0.158. The number of hydrogen-bond donors (Lipinski definition) is 0. The summed E-state index contributed by atoms with van der Waals surface area (Å²) in [6.45, 7) is 8.96. The highest BCUT2D eigenvalue weighted by atomic mass is 16.5. The molecule has 4 heteroatoms. The van der Waals surface area contributed by atoms with Gasteiger partial charge in [-0.25, -0.2) is 0 Å². The lowest BCUT2D eigenvalue weighted by Crippen LogP contribution is -2.44. The largest absolute Gasteiger partial charge is 0.469 e. The van der Waals surface area contributed by atoms with E-state index in [1.165, 1.54) is 36.5 Å². The number of hydrogen-bond acceptors (Lipinski definition) is 4. The molecule has 0 N–H and O–H groups in total. The van der Waals surface area contributed by atoms with Crippen molar-refractivity contribution in [2.24, 2.45) is 40.9 Å². The van der Waals surface area contributed by atoms with Gasteiger partial charge in [0, 0.05) is 11.8 Å². The molecule has 0 spiro atoms. The third-order valence-corrected chi connectivity index (χ3v) is 7.34. The minimum atomic E-state index is -0.420. The van der Waals surface area contributed by atoms with E-state index in [0.29, 0.717) is 5.92 Å². The molecule has 1 saturated carbocycles. The molecule has 26 heavy (non-hydrogen) atoms. The molecule has 0 radical (unpaired) electrons.